The summed E-state index contributed by atoms with van der Waals surface area (Å²) in [6.07, 6.45) is 8.14. The van der Waals surface area contributed by atoms with Crippen molar-refractivity contribution in [2.75, 3.05) is 13.2 Å². The van der Waals surface area contributed by atoms with Gasteiger partial charge in [0.05, 0.1) is 12.7 Å². The van der Waals surface area contributed by atoms with Gasteiger partial charge in [-0.05, 0) is 24.8 Å². The van der Waals surface area contributed by atoms with Crippen LogP contribution in [0.2, 0.25) is 0 Å². The van der Waals surface area contributed by atoms with Gasteiger partial charge in [0.25, 0.3) is 0 Å². The third-order valence-electron chi connectivity index (χ3n) is 5.16. The Morgan fingerprint density at radius 3 is 2.60 bits per heavy atom. The minimum Gasteiger partial charge on any atom is -0.371 e. The molecule has 1 N–H and O–H groups in total. The van der Waals surface area contributed by atoms with Crippen LogP contribution in [-0.2, 0) is 4.74 Å². The Morgan fingerprint density at radius 1 is 1.15 bits per heavy atom. The average molecular weight is 273 g/mol. The predicted molar refractivity (Wildman–Crippen MR) is 82.7 cm³/mol. The van der Waals surface area contributed by atoms with E-state index in [1.54, 1.807) is 0 Å². The first-order valence-electron chi connectivity index (χ1n) is 8.23. The number of ether oxygens (including phenoxy) is 1. The average Bonchev–Trinajstić information content (AvgIpc) is 2.69. The Balaban J connectivity index is 1.77. The molecule has 1 aromatic rings. The molecule has 0 radical (unpaired) electrons. The fourth-order valence-electron chi connectivity index (χ4n) is 3.84. The van der Waals surface area contributed by atoms with Gasteiger partial charge in [0.2, 0.25) is 0 Å². The molecule has 3 rings (SSSR count). The zero-order chi connectivity index (χ0) is 13.8. The van der Waals surface area contributed by atoms with Crippen LogP contribution in [0.1, 0.15) is 57.1 Å². The van der Waals surface area contributed by atoms with E-state index in [0.717, 1.165) is 19.6 Å². The summed E-state index contributed by atoms with van der Waals surface area (Å²) in [4.78, 5) is 0. The van der Waals surface area contributed by atoms with E-state index in [-0.39, 0.29) is 6.10 Å². The molecule has 2 aliphatic rings. The van der Waals surface area contributed by atoms with Crippen LogP contribution < -0.4 is 5.32 Å². The first kappa shape index (κ1) is 14.1. The second-order valence-corrected chi connectivity index (χ2v) is 6.60. The molecule has 0 aromatic heterocycles. The van der Waals surface area contributed by atoms with Gasteiger partial charge >= 0.3 is 0 Å². The van der Waals surface area contributed by atoms with Gasteiger partial charge in [-0.3, -0.25) is 0 Å². The molecule has 1 saturated heterocycles. The number of rotatable bonds is 2. The van der Waals surface area contributed by atoms with Crippen molar-refractivity contribution in [3.05, 3.63) is 35.9 Å². The largest absolute Gasteiger partial charge is 0.371 e. The van der Waals surface area contributed by atoms with Crippen molar-refractivity contribution in [1.82, 2.24) is 5.32 Å². The van der Waals surface area contributed by atoms with Gasteiger partial charge in [0.1, 0.15) is 0 Å². The standard InChI is InChI=1S/C18H27NO/c1-2-16-17(15-9-5-3-6-10-15)20-14-18(13-19-16)11-7-4-8-12-18/h3,5-6,9-10,16-17,19H,2,4,7-8,11-14H2,1H3. The molecule has 2 unspecified atom stereocenters. The summed E-state index contributed by atoms with van der Waals surface area (Å²) in [5.74, 6) is 0. The topological polar surface area (TPSA) is 21.3 Å². The molecule has 1 heterocycles. The van der Waals surface area contributed by atoms with Crippen LogP contribution in [-0.4, -0.2) is 19.2 Å². The molecule has 20 heavy (non-hydrogen) atoms. The van der Waals surface area contributed by atoms with Gasteiger partial charge < -0.3 is 10.1 Å². The van der Waals surface area contributed by atoms with Crippen molar-refractivity contribution in [2.45, 2.75) is 57.6 Å². The molecule has 1 spiro atoms. The highest BCUT2D eigenvalue weighted by Crippen LogP contribution is 2.40. The summed E-state index contributed by atoms with van der Waals surface area (Å²) in [6, 6.07) is 11.2. The molecule has 2 nitrogen and oxygen atoms in total. The van der Waals surface area contributed by atoms with Crippen LogP contribution >= 0.6 is 0 Å². The summed E-state index contributed by atoms with van der Waals surface area (Å²) in [6.45, 7) is 4.32. The van der Waals surface area contributed by atoms with Crippen LogP contribution in [0.15, 0.2) is 30.3 Å². The third-order valence-corrected chi connectivity index (χ3v) is 5.16. The van der Waals surface area contributed by atoms with Crippen molar-refractivity contribution < 1.29 is 4.74 Å². The predicted octanol–water partition coefficient (Wildman–Crippen LogP) is 4.08. The number of benzene rings is 1. The SMILES string of the molecule is CCC1NCC2(CCCCC2)COC1c1ccccc1. The molecular formula is C18H27NO. The summed E-state index contributed by atoms with van der Waals surface area (Å²) in [5.41, 5.74) is 1.72. The fraction of sp³-hybridized carbons (Fsp3) is 0.667. The lowest BCUT2D eigenvalue weighted by Gasteiger charge is -2.35. The molecule has 1 aliphatic heterocycles. The Bertz CT molecular complexity index is 411. The van der Waals surface area contributed by atoms with Crippen LogP contribution in [0.25, 0.3) is 0 Å². The second kappa shape index (κ2) is 6.28. The maximum absolute atomic E-state index is 6.42. The monoisotopic (exact) mass is 273 g/mol. The van der Waals surface area contributed by atoms with Crippen molar-refractivity contribution in [3.8, 4) is 0 Å². The molecule has 0 bridgehead atoms. The minimum absolute atomic E-state index is 0.211. The lowest BCUT2D eigenvalue weighted by molar-refractivity contribution is -0.0127. The molecule has 0 amide bonds. The molecule has 1 aromatic carbocycles. The quantitative estimate of drug-likeness (QED) is 0.876. The van der Waals surface area contributed by atoms with Gasteiger partial charge in [-0.1, -0.05) is 56.5 Å². The van der Waals surface area contributed by atoms with E-state index >= 15 is 0 Å². The summed E-state index contributed by atoms with van der Waals surface area (Å²) < 4.78 is 6.42. The molecular weight excluding hydrogens is 246 g/mol. The van der Waals surface area contributed by atoms with Crippen LogP contribution in [0.4, 0.5) is 0 Å². The summed E-state index contributed by atoms with van der Waals surface area (Å²) in [7, 11) is 0. The molecule has 1 saturated carbocycles. The first-order valence-corrected chi connectivity index (χ1v) is 8.23. The molecule has 2 fully saturated rings. The van der Waals surface area contributed by atoms with Crippen molar-refractivity contribution >= 4 is 0 Å². The van der Waals surface area contributed by atoms with Crippen LogP contribution in [0.3, 0.4) is 0 Å². The first-order chi connectivity index (χ1) is 9.83. The van der Waals surface area contributed by atoms with Crippen molar-refractivity contribution in [1.29, 1.82) is 0 Å². The summed E-state index contributed by atoms with van der Waals surface area (Å²) >= 11 is 0. The van der Waals surface area contributed by atoms with Gasteiger partial charge in [-0.15, -0.1) is 0 Å². The Morgan fingerprint density at radius 2 is 1.90 bits per heavy atom. The van der Waals surface area contributed by atoms with E-state index in [1.165, 1.54) is 37.7 Å². The zero-order valence-corrected chi connectivity index (χ0v) is 12.6. The highest BCUT2D eigenvalue weighted by Gasteiger charge is 2.38. The maximum Gasteiger partial charge on any atom is 0.0977 e. The van der Waals surface area contributed by atoms with Crippen LogP contribution in [0.5, 0.6) is 0 Å². The van der Waals surface area contributed by atoms with E-state index in [9.17, 15) is 0 Å². The normalized spacial score (nSPS) is 30.1. The van der Waals surface area contributed by atoms with Gasteiger partial charge in [0, 0.05) is 18.0 Å². The lowest BCUT2D eigenvalue weighted by Crippen LogP contribution is -2.40. The van der Waals surface area contributed by atoms with Gasteiger partial charge in [-0.25, -0.2) is 0 Å². The Labute approximate surface area is 122 Å². The van der Waals surface area contributed by atoms with Gasteiger partial charge in [-0.2, -0.15) is 0 Å². The van der Waals surface area contributed by atoms with E-state index in [0.29, 0.717) is 11.5 Å². The highest BCUT2D eigenvalue weighted by atomic mass is 16.5. The maximum atomic E-state index is 6.42. The van der Waals surface area contributed by atoms with E-state index in [2.05, 4.69) is 42.6 Å². The number of hydrogen-bond acceptors (Lipinski definition) is 2. The molecule has 2 atom stereocenters. The zero-order valence-electron chi connectivity index (χ0n) is 12.6. The Kier molecular flexibility index (Phi) is 4.42. The minimum atomic E-state index is 0.211. The van der Waals surface area contributed by atoms with Crippen molar-refractivity contribution in [2.24, 2.45) is 5.41 Å². The summed E-state index contributed by atoms with van der Waals surface area (Å²) in [5, 5.41) is 3.82. The number of hydrogen-bond donors (Lipinski definition) is 1. The molecule has 2 heteroatoms. The Hall–Kier alpha value is -0.860. The van der Waals surface area contributed by atoms with E-state index in [1.807, 2.05) is 0 Å². The fourth-order valence-corrected chi connectivity index (χ4v) is 3.84. The van der Waals surface area contributed by atoms with Crippen LogP contribution in [0, 0.1) is 5.41 Å². The highest BCUT2D eigenvalue weighted by molar-refractivity contribution is 5.19. The number of nitrogens with one attached hydrogen (secondary N) is 1. The van der Waals surface area contributed by atoms with Crippen molar-refractivity contribution in [3.63, 3.8) is 0 Å². The van der Waals surface area contributed by atoms with E-state index < -0.39 is 0 Å². The lowest BCUT2D eigenvalue weighted by atomic mass is 9.74. The smallest absolute Gasteiger partial charge is 0.0977 e. The van der Waals surface area contributed by atoms with Gasteiger partial charge in [0.15, 0.2) is 0 Å². The molecule has 1 aliphatic carbocycles. The third kappa shape index (κ3) is 2.91. The second-order valence-electron chi connectivity index (χ2n) is 6.60. The molecule has 110 valence electrons. The van der Waals surface area contributed by atoms with E-state index in [4.69, 9.17) is 4.74 Å².